The van der Waals surface area contributed by atoms with Gasteiger partial charge >= 0.3 is 0 Å². The van der Waals surface area contributed by atoms with E-state index in [-0.39, 0.29) is 24.3 Å². The first kappa shape index (κ1) is 21.8. The predicted octanol–water partition coefficient (Wildman–Crippen LogP) is 5.68. The van der Waals surface area contributed by atoms with Gasteiger partial charge in [0.15, 0.2) is 24.3 Å². The number of methoxy groups -OCH3 is 1. The smallest absolute Gasteiger partial charge is 0.250 e. The molecule has 1 aromatic carbocycles. The zero-order valence-corrected chi connectivity index (χ0v) is 17.6. The number of rotatable bonds is 5. The molecule has 1 heterocycles. The van der Waals surface area contributed by atoms with E-state index in [0.717, 1.165) is 5.56 Å². The van der Waals surface area contributed by atoms with Crippen molar-refractivity contribution in [2.45, 2.75) is 7.59 Å². The van der Waals surface area contributed by atoms with Gasteiger partial charge in [-0.15, -0.1) is 0 Å². The summed E-state index contributed by atoms with van der Waals surface area (Å²) in [5, 5.41) is 0. The second-order valence-corrected chi connectivity index (χ2v) is 9.35. The molecule has 0 spiro atoms. The van der Waals surface area contributed by atoms with Crippen LogP contribution in [-0.4, -0.2) is 28.9 Å². The zero-order chi connectivity index (χ0) is 19.4. The Balaban J connectivity index is 2.28. The molecular formula is C15H11Cl6N3O2. The highest BCUT2D eigenvalue weighted by molar-refractivity contribution is 6.67. The fourth-order valence-electron chi connectivity index (χ4n) is 1.69. The summed E-state index contributed by atoms with van der Waals surface area (Å²) in [6.07, 6.45) is 3.31. The molecule has 0 bridgehead atoms. The molecule has 0 aliphatic rings. The summed E-state index contributed by atoms with van der Waals surface area (Å²) < 4.78 is 6.36. The van der Waals surface area contributed by atoms with Crippen LogP contribution in [0.15, 0.2) is 24.3 Å². The molecule has 26 heavy (non-hydrogen) atoms. The Kier molecular flexibility index (Phi) is 7.62. The average molecular weight is 478 g/mol. The molecule has 0 aliphatic carbocycles. The highest BCUT2D eigenvalue weighted by Crippen LogP contribution is 2.39. The Morgan fingerprint density at radius 2 is 1.38 bits per heavy atom. The van der Waals surface area contributed by atoms with E-state index in [2.05, 4.69) is 15.0 Å². The van der Waals surface area contributed by atoms with E-state index in [9.17, 15) is 0 Å². The van der Waals surface area contributed by atoms with Crippen molar-refractivity contribution in [1.29, 1.82) is 0 Å². The summed E-state index contributed by atoms with van der Waals surface area (Å²) >= 11 is 35.0. The zero-order valence-electron chi connectivity index (χ0n) is 13.1. The van der Waals surface area contributed by atoms with Gasteiger partial charge in [0.25, 0.3) is 0 Å². The number of hydrogen-bond acceptors (Lipinski definition) is 5. The minimum atomic E-state index is -1.89. The van der Waals surface area contributed by atoms with Crippen molar-refractivity contribution >= 4 is 81.8 Å². The molecular weight excluding hydrogens is 467 g/mol. The van der Waals surface area contributed by atoms with Gasteiger partial charge in [-0.3, -0.25) is 0 Å². The van der Waals surface area contributed by atoms with Crippen LogP contribution in [-0.2, 0) is 12.3 Å². The number of alkyl halides is 6. The van der Waals surface area contributed by atoms with Crippen molar-refractivity contribution in [1.82, 2.24) is 15.0 Å². The summed E-state index contributed by atoms with van der Waals surface area (Å²) in [6.45, 7) is 0.166. The van der Waals surface area contributed by atoms with Gasteiger partial charge in [-0.05, 0) is 23.8 Å². The maximum absolute atomic E-state index is 5.83. The van der Waals surface area contributed by atoms with Gasteiger partial charge in [0.2, 0.25) is 7.59 Å². The number of benzene rings is 1. The van der Waals surface area contributed by atoms with E-state index >= 15 is 0 Å². The first-order valence-corrected chi connectivity index (χ1v) is 9.17. The van der Waals surface area contributed by atoms with Crippen LogP contribution in [0.3, 0.4) is 0 Å². The molecule has 0 atom stereocenters. The Bertz CT molecular complexity index is 740. The third kappa shape index (κ3) is 6.57. The van der Waals surface area contributed by atoms with E-state index in [1.807, 2.05) is 12.1 Å². The minimum Gasteiger partial charge on any atom is -0.468 e. The molecule has 0 radical (unpaired) electrons. The number of aromatic nitrogens is 3. The van der Waals surface area contributed by atoms with Gasteiger partial charge in [-0.1, -0.05) is 87.8 Å². The van der Waals surface area contributed by atoms with Crippen molar-refractivity contribution in [3.8, 4) is 5.75 Å². The van der Waals surface area contributed by atoms with Crippen LogP contribution in [0.4, 0.5) is 0 Å². The van der Waals surface area contributed by atoms with Crippen LogP contribution < -0.4 is 4.74 Å². The van der Waals surface area contributed by atoms with Crippen LogP contribution in [0, 0.1) is 0 Å². The standard InChI is InChI=1S/C15H11Cl6N3O2/c1-25-8-26-10-5-2-9(3-6-10)4-7-11-22-12(14(16,17)18)24-13(23-11)15(19,20)21/h2-7H,8H2,1H3. The van der Waals surface area contributed by atoms with Crippen molar-refractivity contribution in [3.63, 3.8) is 0 Å². The summed E-state index contributed by atoms with van der Waals surface area (Å²) in [6, 6.07) is 7.22. The van der Waals surface area contributed by atoms with Crippen LogP contribution in [0.25, 0.3) is 12.2 Å². The minimum absolute atomic E-state index is 0.151. The molecule has 0 amide bonds. The van der Waals surface area contributed by atoms with Crippen molar-refractivity contribution in [2.24, 2.45) is 0 Å². The summed E-state index contributed by atoms with van der Waals surface area (Å²) in [5.41, 5.74) is 0.848. The third-order valence-electron chi connectivity index (χ3n) is 2.81. The van der Waals surface area contributed by atoms with Crippen molar-refractivity contribution < 1.29 is 9.47 Å². The third-order valence-corrected chi connectivity index (χ3v) is 3.82. The second-order valence-electron chi connectivity index (χ2n) is 4.79. The molecule has 11 heteroatoms. The van der Waals surface area contributed by atoms with Gasteiger partial charge < -0.3 is 9.47 Å². The fourth-order valence-corrected chi connectivity index (χ4v) is 2.20. The molecule has 140 valence electrons. The van der Waals surface area contributed by atoms with Crippen LogP contribution in [0.2, 0.25) is 0 Å². The van der Waals surface area contributed by atoms with E-state index in [1.165, 1.54) is 0 Å². The Morgan fingerprint density at radius 1 is 0.846 bits per heavy atom. The number of nitrogens with zero attached hydrogens (tertiary/aromatic N) is 3. The molecule has 2 rings (SSSR count). The van der Waals surface area contributed by atoms with E-state index in [4.69, 9.17) is 79.1 Å². The number of halogens is 6. The number of ether oxygens (including phenoxy) is 2. The SMILES string of the molecule is COCOc1ccc(C=Cc2nc(C(Cl)(Cl)Cl)nc(C(Cl)(Cl)Cl)n2)cc1. The highest BCUT2D eigenvalue weighted by Gasteiger charge is 2.33. The fraction of sp³-hybridized carbons (Fsp3) is 0.267. The van der Waals surface area contributed by atoms with Gasteiger partial charge in [0.1, 0.15) is 5.75 Å². The summed E-state index contributed by atoms with van der Waals surface area (Å²) in [4.78, 5) is 12.0. The molecule has 1 aromatic heterocycles. The van der Waals surface area contributed by atoms with Gasteiger partial charge in [0, 0.05) is 7.11 Å². The van der Waals surface area contributed by atoms with Gasteiger partial charge in [-0.2, -0.15) is 0 Å². The average Bonchev–Trinajstić information content (AvgIpc) is 2.57. The lowest BCUT2D eigenvalue weighted by Gasteiger charge is -2.14. The van der Waals surface area contributed by atoms with Crippen LogP contribution in [0.5, 0.6) is 5.75 Å². The molecule has 2 aromatic rings. The lowest BCUT2D eigenvalue weighted by molar-refractivity contribution is 0.0511. The molecule has 0 saturated carbocycles. The lowest BCUT2D eigenvalue weighted by atomic mass is 10.2. The lowest BCUT2D eigenvalue weighted by Crippen LogP contribution is -2.16. The maximum Gasteiger partial charge on any atom is 0.250 e. The monoisotopic (exact) mass is 475 g/mol. The predicted molar refractivity (Wildman–Crippen MR) is 106 cm³/mol. The first-order chi connectivity index (χ1) is 12.1. The van der Waals surface area contributed by atoms with Gasteiger partial charge in [0.05, 0.1) is 0 Å². The molecule has 0 aliphatic heterocycles. The largest absolute Gasteiger partial charge is 0.468 e. The van der Waals surface area contributed by atoms with Gasteiger partial charge in [-0.25, -0.2) is 15.0 Å². The highest BCUT2D eigenvalue weighted by atomic mass is 35.6. The normalized spacial score (nSPS) is 12.6. The van der Waals surface area contributed by atoms with Crippen LogP contribution >= 0.6 is 69.6 Å². The first-order valence-electron chi connectivity index (χ1n) is 6.90. The van der Waals surface area contributed by atoms with E-state index < -0.39 is 7.59 Å². The quantitative estimate of drug-likeness (QED) is 0.409. The van der Waals surface area contributed by atoms with E-state index in [0.29, 0.717) is 5.75 Å². The number of hydrogen-bond donors (Lipinski definition) is 0. The molecule has 0 saturated heterocycles. The van der Waals surface area contributed by atoms with Crippen molar-refractivity contribution in [3.05, 3.63) is 47.3 Å². The molecule has 5 nitrogen and oxygen atoms in total. The van der Waals surface area contributed by atoms with Crippen molar-refractivity contribution in [2.75, 3.05) is 13.9 Å². The summed E-state index contributed by atoms with van der Waals surface area (Å²) in [5.74, 6) is 0.534. The Labute approximate surface area is 180 Å². The molecule has 0 N–H and O–H groups in total. The molecule has 0 unspecified atom stereocenters. The maximum atomic E-state index is 5.83. The molecule has 0 fully saturated rings. The van der Waals surface area contributed by atoms with Crippen LogP contribution in [0.1, 0.15) is 23.0 Å². The summed E-state index contributed by atoms with van der Waals surface area (Å²) in [7, 11) is 1.54. The topological polar surface area (TPSA) is 57.1 Å². The Hall–Kier alpha value is -0.530. The Morgan fingerprint density at radius 3 is 1.85 bits per heavy atom. The second kappa shape index (κ2) is 9.11. The van der Waals surface area contributed by atoms with E-state index in [1.54, 1.807) is 31.4 Å².